The number of halogens is 1. The number of para-hydroxylation sites is 1. The van der Waals surface area contributed by atoms with Crippen molar-refractivity contribution >= 4 is 40.4 Å². The fourth-order valence-corrected chi connectivity index (χ4v) is 3.86. The van der Waals surface area contributed by atoms with Crippen LogP contribution < -0.4 is 10.2 Å². The summed E-state index contributed by atoms with van der Waals surface area (Å²) in [4.78, 5) is 27.5. The van der Waals surface area contributed by atoms with Gasteiger partial charge in [-0.05, 0) is 42.8 Å². The molecule has 126 valence electrons. The number of amides is 2. The predicted octanol–water partition coefficient (Wildman–Crippen LogP) is 3.65. The Morgan fingerprint density at radius 1 is 1.29 bits per heavy atom. The van der Waals surface area contributed by atoms with Crippen molar-refractivity contribution in [2.45, 2.75) is 31.7 Å². The Bertz CT molecular complexity index is 718. The van der Waals surface area contributed by atoms with Gasteiger partial charge in [-0.1, -0.05) is 29.8 Å². The molecule has 1 aliphatic rings. The number of hydrogen-bond donors (Lipinski definition) is 1. The molecule has 6 heteroatoms. The van der Waals surface area contributed by atoms with E-state index in [1.807, 2.05) is 29.6 Å². The molecule has 0 radical (unpaired) electrons. The van der Waals surface area contributed by atoms with Crippen LogP contribution in [0.25, 0.3) is 0 Å². The first-order valence-corrected chi connectivity index (χ1v) is 9.28. The molecule has 0 aliphatic carbocycles. The number of carbonyl (C=O) groups is 2. The average Bonchev–Trinajstić information content (AvgIpc) is 3.19. The number of aryl methyl sites for hydroxylation is 1. The minimum absolute atomic E-state index is 0.0640. The van der Waals surface area contributed by atoms with Crippen LogP contribution in [0.5, 0.6) is 0 Å². The van der Waals surface area contributed by atoms with E-state index in [1.54, 1.807) is 22.3 Å². The lowest BCUT2D eigenvalue weighted by Gasteiger charge is -2.18. The van der Waals surface area contributed by atoms with Gasteiger partial charge in [-0.2, -0.15) is 0 Å². The molecule has 24 heavy (non-hydrogen) atoms. The van der Waals surface area contributed by atoms with Gasteiger partial charge in [0.15, 0.2) is 0 Å². The fourth-order valence-electron chi connectivity index (χ4n) is 2.87. The van der Waals surface area contributed by atoms with E-state index in [1.165, 1.54) is 4.88 Å². The smallest absolute Gasteiger partial charge is 0.249 e. The zero-order valence-corrected chi connectivity index (χ0v) is 14.8. The van der Waals surface area contributed by atoms with Gasteiger partial charge in [-0.15, -0.1) is 11.3 Å². The summed E-state index contributed by atoms with van der Waals surface area (Å²) in [5.74, 6) is -0.152. The molecule has 2 amide bonds. The van der Waals surface area contributed by atoms with E-state index in [9.17, 15) is 9.59 Å². The maximum absolute atomic E-state index is 12.5. The highest BCUT2D eigenvalue weighted by Gasteiger charge is 2.34. The van der Waals surface area contributed by atoms with Crippen molar-refractivity contribution in [1.82, 2.24) is 5.32 Å². The minimum atomic E-state index is -0.449. The van der Waals surface area contributed by atoms with Crippen LogP contribution in [0.3, 0.4) is 0 Å². The molecule has 1 aliphatic heterocycles. The van der Waals surface area contributed by atoms with Gasteiger partial charge in [0.25, 0.3) is 0 Å². The molecule has 0 bridgehead atoms. The Balaban J connectivity index is 1.50. The molecule has 3 rings (SSSR count). The number of rotatable bonds is 6. The summed E-state index contributed by atoms with van der Waals surface area (Å²) >= 11 is 7.86. The number of thiophene rings is 1. The average molecular weight is 363 g/mol. The Labute approximate surface area is 150 Å². The van der Waals surface area contributed by atoms with Gasteiger partial charge in [0.05, 0.1) is 10.7 Å². The van der Waals surface area contributed by atoms with Gasteiger partial charge in [0.2, 0.25) is 11.8 Å². The van der Waals surface area contributed by atoms with Gasteiger partial charge < -0.3 is 10.2 Å². The van der Waals surface area contributed by atoms with E-state index in [0.717, 1.165) is 12.8 Å². The topological polar surface area (TPSA) is 49.4 Å². The van der Waals surface area contributed by atoms with Crippen molar-refractivity contribution in [2.24, 2.45) is 0 Å². The van der Waals surface area contributed by atoms with Crippen LogP contribution in [0.1, 0.15) is 24.1 Å². The Morgan fingerprint density at radius 2 is 2.12 bits per heavy atom. The molecule has 1 N–H and O–H groups in total. The number of anilines is 1. The SMILES string of the molecule is O=C(CCCc1cccs1)NC1CCN(c2ccccc2Cl)C1=O. The third-order valence-corrected chi connectivity index (χ3v) is 5.35. The van der Waals surface area contributed by atoms with E-state index >= 15 is 0 Å². The second-order valence-corrected chi connectivity index (χ2v) is 7.22. The zero-order chi connectivity index (χ0) is 16.9. The van der Waals surface area contributed by atoms with Crippen molar-refractivity contribution in [2.75, 3.05) is 11.4 Å². The number of carbonyl (C=O) groups excluding carboxylic acids is 2. The van der Waals surface area contributed by atoms with Crippen molar-refractivity contribution in [3.63, 3.8) is 0 Å². The summed E-state index contributed by atoms with van der Waals surface area (Å²) in [6.45, 7) is 0.572. The summed E-state index contributed by atoms with van der Waals surface area (Å²) in [7, 11) is 0. The first-order valence-electron chi connectivity index (χ1n) is 8.03. The van der Waals surface area contributed by atoms with Gasteiger partial charge >= 0.3 is 0 Å². The van der Waals surface area contributed by atoms with Gasteiger partial charge in [-0.3, -0.25) is 9.59 Å². The number of benzene rings is 1. The van der Waals surface area contributed by atoms with Crippen LogP contribution >= 0.6 is 22.9 Å². The van der Waals surface area contributed by atoms with Gasteiger partial charge in [-0.25, -0.2) is 0 Å². The molecule has 2 aromatic rings. The second kappa shape index (κ2) is 7.81. The molecule has 4 nitrogen and oxygen atoms in total. The molecule has 1 aromatic carbocycles. The molecule has 2 heterocycles. The van der Waals surface area contributed by atoms with Crippen LogP contribution in [-0.2, 0) is 16.0 Å². The molecular weight excluding hydrogens is 344 g/mol. The largest absolute Gasteiger partial charge is 0.344 e. The van der Waals surface area contributed by atoms with Crippen LogP contribution in [0.4, 0.5) is 5.69 Å². The summed E-state index contributed by atoms with van der Waals surface area (Å²) in [5, 5.41) is 5.45. The van der Waals surface area contributed by atoms with E-state index in [0.29, 0.717) is 30.1 Å². The summed E-state index contributed by atoms with van der Waals surface area (Å²) in [6, 6.07) is 10.9. The third-order valence-electron chi connectivity index (χ3n) is 4.09. The molecular formula is C18H19ClN2O2S. The lowest BCUT2D eigenvalue weighted by molar-refractivity contribution is -0.126. The summed E-state index contributed by atoms with van der Waals surface area (Å²) < 4.78 is 0. The van der Waals surface area contributed by atoms with E-state index < -0.39 is 6.04 Å². The molecule has 0 saturated carbocycles. The highest BCUT2D eigenvalue weighted by molar-refractivity contribution is 7.09. The molecule has 1 aromatic heterocycles. The van der Waals surface area contributed by atoms with Crippen LogP contribution in [0.2, 0.25) is 5.02 Å². The molecule has 1 fully saturated rings. The first kappa shape index (κ1) is 17.0. The zero-order valence-electron chi connectivity index (χ0n) is 13.2. The predicted molar refractivity (Wildman–Crippen MR) is 97.6 cm³/mol. The molecule has 0 spiro atoms. The maximum Gasteiger partial charge on any atom is 0.249 e. The highest BCUT2D eigenvalue weighted by Crippen LogP contribution is 2.29. The fraction of sp³-hybridized carbons (Fsp3) is 0.333. The van der Waals surface area contributed by atoms with Gasteiger partial charge in [0, 0.05) is 17.8 Å². The van der Waals surface area contributed by atoms with E-state index in [4.69, 9.17) is 11.6 Å². The number of nitrogens with one attached hydrogen (secondary N) is 1. The summed E-state index contributed by atoms with van der Waals surface area (Å²) in [5.41, 5.74) is 0.707. The Morgan fingerprint density at radius 3 is 2.88 bits per heavy atom. The van der Waals surface area contributed by atoms with Crippen molar-refractivity contribution in [3.05, 3.63) is 51.7 Å². The molecule has 1 atom stereocenters. The highest BCUT2D eigenvalue weighted by atomic mass is 35.5. The monoisotopic (exact) mass is 362 g/mol. The van der Waals surface area contributed by atoms with Crippen molar-refractivity contribution in [1.29, 1.82) is 0 Å². The third kappa shape index (κ3) is 3.97. The second-order valence-electron chi connectivity index (χ2n) is 5.78. The lowest BCUT2D eigenvalue weighted by atomic mass is 10.2. The van der Waals surface area contributed by atoms with E-state index in [-0.39, 0.29) is 11.8 Å². The molecule has 1 unspecified atom stereocenters. The summed E-state index contributed by atoms with van der Waals surface area (Å²) in [6.07, 6.45) is 2.74. The number of hydrogen-bond acceptors (Lipinski definition) is 3. The quantitative estimate of drug-likeness (QED) is 0.852. The van der Waals surface area contributed by atoms with E-state index in [2.05, 4.69) is 11.4 Å². The molecule has 1 saturated heterocycles. The Kier molecular flexibility index (Phi) is 5.53. The number of nitrogens with zero attached hydrogens (tertiary/aromatic N) is 1. The standard InChI is InChI=1S/C18H19ClN2O2S/c19-14-7-1-2-8-16(14)21-11-10-15(18(21)23)20-17(22)9-3-5-13-6-4-12-24-13/h1-2,4,6-8,12,15H,3,5,9-11H2,(H,20,22). The lowest BCUT2D eigenvalue weighted by Crippen LogP contribution is -2.41. The van der Waals surface area contributed by atoms with Crippen molar-refractivity contribution < 1.29 is 9.59 Å². The normalized spacial score (nSPS) is 17.3. The van der Waals surface area contributed by atoms with Gasteiger partial charge in [0.1, 0.15) is 6.04 Å². The maximum atomic E-state index is 12.5. The van der Waals surface area contributed by atoms with Crippen molar-refractivity contribution in [3.8, 4) is 0 Å². The first-order chi connectivity index (χ1) is 11.6. The van der Waals surface area contributed by atoms with Crippen LogP contribution in [-0.4, -0.2) is 24.4 Å². The minimum Gasteiger partial charge on any atom is -0.344 e. The Hall–Kier alpha value is -1.85. The van der Waals surface area contributed by atoms with Crippen LogP contribution in [0, 0.1) is 0 Å². The van der Waals surface area contributed by atoms with Crippen LogP contribution in [0.15, 0.2) is 41.8 Å².